The maximum Gasteiger partial charge on any atom is 0.245 e. The zero-order chi connectivity index (χ0) is 49.7. The Bertz CT molecular complexity index is 1590. The quantitative estimate of drug-likeness (QED) is 0.0282. The minimum Gasteiger partial charge on any atom is -0.368 e. The van der Waals surface area contributed by atoms with Gasteiger partial charge in [0.25, 0.3) is 0 Å². The van der Waals surface area contributed by atoms with Gasteiger partial charge in [0, 0.05) is 38.4 Å². The predicted octanol–water partition coefficient (Wildman–Crippen LogP) is -2.16. The lowest BCUT2D eigenvalue weighted by molar-refractivity contribution is -0.142. The summed E-state index contributed by atoms with van der Waals surface area (Å²) in [5, 5.41) is 16.1. The summed E-state index contributed by atoms with van der Waals surface area (Å²) >= 11 is 0. The zero-order valence-corrected chi connectivity index (χ0v) is 40.8. The lowest BCUT2D eigenvalue weighted by Gasteiger charge is -2.31. The molecule has 0 saturated carbocycles. The van der Waals surface area contributed by atoms with Gasteiger partial charge >= 0.3 is 0 Å². The average molecular weight is 971 g/mol. The number of unbranched alkanes of at least 4 members (excludes halogenated alkanes) is 2. The van der Waals surface area contributed by atoms with E-state index in [0.29, 0.717) is 64.5 Å². The number of primary amides is 2. The summed E-state index contributed by atoms with van der Waals surface area (Å²) in [6, 6.07) is -8.11. The van der Waals surface area contributed by atoms with Crippen LogP contribution in [-0.4, -0.2) is 155 Å². The first-order chi connectivity index (χ1) is 31.1. The highest BCUT2D eigenvalue weighted by Gasteiger charge is 2.41. The third-order valence-corrected chi connectivity index (χ3v) is 13.7. The van der Waals surface area contributed by atoms with E-state index in [-0.39, 0.29) is 49.3 Å². The van der Waals surface area contributed by atoms with Crippen LogP contribution in [0.25, 0.3) is 0 Å². The van der Waals surface area contributed by atoms with E-state index in [1.54, 1.807) is 27.7 Å². The van der Waals surface area contributed by atoms with Crippen LogP contribution in [0, 0.1) is 11.8 Å². The van der Waals surface area contributed by atoms with Crippen LogP contribution in [0.2, 0.25) is 0 Å². The summed E-state index contributed by atoms with van der Waals surface area (Å²) in [4.78, 5) is 134. The molecule has 2 heterocycles. The molecule has 2 aliphatic rings. The van der Waals surface area contributed by atoms with E-state index in [1.165, 1.54) is 23.6 Å². The second-order valence-corrected chi connectivity index (χ2v) is 20.0. The summed E-state index contributed by atoms with van der Waals surface area (Å²) in [5.41, 5.74) is 22.5. The number of carbonyl (C=O) groups is 10. The number of carbonyl (C=O) groups excluding carboxylic acids is 10. The molecule has 8 atom stereocenters. The van der Waals surface area contributed by atoms with Crippen LogP contribution in [-0.2, 0) is 47.9 Å². The fourth-order valence-corrected chi connectivity index (χ4v) is 10.1. The molecule has 0 aromatic rings. The zero-order valence-electron chi connectivity index (χ0n) is 39.2. The second kappa shape index (κ2) is 29.2. The van der Waals surface area contributed by atoms with Gasteiger partial charge in [-0.2, -0.15) is 0 Å². The molecule has 374 valence electrons. The van der Waals surface area contributed by atoms with Crippen LogP contribution < -0.4 is 54.8 Å². The monoisotopic (exact) mass is 971 g/mol. The van der Waals surface area contributed by atoms with Crippen LogP contribution in [0.5, 0.6) is 0 Å². The minimum absolute atomic E-state index is 0.0291. The molecule has 0 aliphatic carbocycles. The number of amides is 10. The summed E-state index contributed by atoms with van der Waals surface area (Å²) < 4.78 is 0. The van der Waals surface area contributed by atoms with Gasteiger partial charge in [-0.05, 0) is 89.1 Å². The Balaban J connectivity index is 2.21. The molecule has 2 rings (SSSR count). The number of hydrogen-bond acceptors (Lipinski definition) is 14. The third kappa shape index (κ3) is 18.5. The van der Waals surface area contributed by atoms with Crippen LogP contribution in [0.15, 0.2) is 0 Å². The van der Waals surface area contributed by atoms with Gasteiger partial charge in [0.1, 0.15) is 48.3 Å². The number of nitrogens with one attached hydrogen (secondary N) is 6. The molecule has 0 radical (unpaired) electrons. The molecular formula is C42H74N12O10S2. The van der Waals surface area contributed by atoms with Crippen molar-refractivity contribution in [2.75, 3.05) is 37.7 Å². The molecule has 0 aromatic heterocycles. The maximum absolute atomic E-state index is 14.0. The highest BCUT2D eigenvalue weighted by Crippen LogP contribution is 2.25. The van der Waals surface area contributed by atoms with E-state index in [4.69, 9.17) is 22.9 Å². The smallest absolute Gasteiger partial charge is 0.245 e. The summed E-state index contributed by atoms with van der Waals surface area (Å²) in [5.74, 6) is -6.50. The maximum atomic E-state index is 14.0. The molecule has 24 heteroatoms. The van der Waals surface area contributed by atoms with Crippen molar-refractivity contribution in [3.63, 3.8) is 0 Å². The summed E-state index contributed by atoms with van der Waals surface area (Å²) in [6.45, 7) is 10.6. The molecule has 2 saturated heterocycles. The Labute approximate surface area is 395 Å². The average Bonchev–Trinajstić information content (AvgIpc) is 3.94. The number of nitrogens with two attached hydrogens (primary N) is 4. The van der Waals surface area contributed by atoms with Crippen molar-refractivity contribution in [1.29, 1.82) is 0 Å². The Morgan fingerprint density at radius 2 is 0.879 bits per heavy atom. The first kappa shape index (κ1) is 57.4. The van der Waals surface area contributed by atoms with Gasteiger partial charge in [0.15, 0.2) is 0 Å². The van der Waals surface area contributed by atoms with Crippen LogP contribution in [0.1, 0.15) is 106 Å². The molecule has 2 aliphatic heterocycles. The molecule has 0 spiro atoms. The number of hydrogen-bond donors (Lipinski definition) is 10. The highest BCUT2D eigenvalue weighted by molar-refractivity contribution is 8.76. The SMILES string of the molecule is CC(=O)NC(CSSCC(NC(C)=O)C(=O)NC(CCCCN)C(=O)N1CCCC1C(=O)NC(C(N)=O)C(C)C)C(=O)NC(CCCCN)C(=O)N1CCCC1C(=O)NC(C(N)=O)C(C)C. The molecule has 22 nitrogen and oxygen atoms in total. The topological polar surface area (TPSA) is 353 Å². The molecule has 66 heavy (non-hydrogen) atoms. The standard InChI is InChI=1S/C42H74N12O10S2/c1-23(2)33(35(45)57)51-39(61)31-15-11-19-53(31)41(63)27(13-7-9-17-43)49-37(59)29(47-25(5)55)21-65-66-22-30(48-26(6)56)38(60)50-28(14-8-10-18-44)42(64)54-20-12-16-32(54)40(62)52-34(24(3)4)36(46)58/h23-24,27-34H,7-22,43-44H2,1-6H3,(H2,45,57)(H2,46,58)(H,47,55)(H,48,56)(H,49,59)(H,50,60)(H,51,61)(H,52,62). The Morgan fingerprint density at radius 1 is 0.530 bits per heavy atom. The van der Waals surface area contributed by atoms with E-state index in [9.17, 15) is 47.9 Å². The predicted molar refractivity (Wildman–Crippen MR) is 251 cm³/mol. The lowest BCUT2D eigenvalue weighted by Crippen LogP contribution is -2.58. The first-order valence-electron chi connectivity index (χ1n) is 22.7. The highest BCUT2D eigenvalue weighted by atomic mass is 33.1. The largest absolute Gasteiger partial charge is 0.368 e. The van der Waals surface area contributed by atoms with Crippen LogP contribution in [0.3, 0.4) is 0 Å². The first-order valence-corrected chi connectivity index (χ1v) is 25.2. The van der Waals surface area contributed by atoms with E-state index < -0.39 is 107 Å². The van der Waals surface area contributed by atoms with Crippen LogP contribution >= 0.6 is 21.6 Å². The number of rotatable bonds is 29. The molecule has 8 unspecified atom stereocenters. The minimum atomic E-state index is -1.15. The van der Waals surface area contributed by atoms with Crippen molar-refractivity contribution < 1.29 is 47.9 Å². The van der Waals surface area contributed by atoms with Crippen molar-refractivity contribution in [1.82, 2.24) is 41.7 Å². The van der Waals surface area contributed by atoms with Gasteiger partial charge in [0.2, 0.25) is 59.1 Å². The molecular weight excluding hydrogens is 897 g/mol. The molecule has 14 N–H and O–H groups in total. The molecule has 0 bridgehead atoms. The van der Waals surface area contributed by atoms with Crippen molar-refractivity contribution >= 4 is 80.7 Å². The lowest BCUT2D eigenvalue weighted by atomic mass is 10.0. The van der Waals surface area contributed by atoms with E-state index >= 15 is 0 Å². The summed E-state index contributed by atoms with van der Waals surface area (Å²) in [6.07, 6.45) is 4.14. The number of nitrogens with zero attached hydrogens (tertiary/aromatic N) is 2. The fourth-order valence-electron chi connectivity index (χ4n) is 7.77. The van der Waals surface area contributed by atoms with Gasteiger partial charge in [-0.15, -0.1) is 0 Å². The van der Waals surface area contributed by atoms with Gasteiger partial charge in [-0.3, -0.25) is 47.9 Å². The van der Waals surface area contributed by atoms with Gasteiger partial charge in [-0.25, -0.2) is 0 Å². The van der Waals surface area contributed by atoms with E-state index in [0.717, 1.165) is 21.6 Å². The van der Waals surface area contributed by atoms with E-state index in [2.05, 4.69) is 31.9 Å². The van der Waals surface area contributed by atoms with Crippen LogP contribution in [0.4, 0.5) is 0 Å². The van der Waals surface area contributed by atoms with Gasteiger partial charge in [-0.1, -0.05) is 49.3 Å². The van der Waals surface area contributed by atoms with Crippen molar-refractivity contribution in [3.05, 3.63) is 0 Å². The van der Waals surface area contributed by atoms with Gasteiger partial charge in [0.05, 0.1) is 0 Å². The fraction of sp³-hybridized carbons (Fsp3) is 0.762. The number of likely N-dealkylation sites (tertiary alicyclic amines) is 2. The molecule has 10 amide bonds. The van der Waals surface area contributed by atoms with Crippen molar-refractivity contribution in [3.8, 4) is 0 Å². The van der Waals surface area contributed by atoms with Crippen molar-refractivity contribution in [2.45, 2.75) is 154 Å². The normalized spacial score (nSPS) is 18.6. The van der Waals surface area contributed by atoms with Crippen molar-refractivity contribution in [2.24, 2.45) is 34.8 Å². The van der Waals surface area contributed by atoms with E-state index in [1.807, 2.05) is 0 Å². The Morgan fingerprint density at radius 3 is 1.17 bits per heavy atom. The second-order valence-electron chi connectivity index (χ2n) is 17.4. The molecule has 2 fully saturated rings. The Kier molecular flexibility index (Phi) is 25.4. The summed E-state index contributed by atoms with van der Waals surface area (Å²) in [7, 11) is 2.23. The Hall–Kier alpha value is -4.68. The van der Waals surface area contributed by atoms with Gasteiger partial charge < -0.3 is 64.6 Å². The third-order valence-electron chi connectivity index (χ3n) is 11.3. The molecule has 0 aromatic carbocycles.